The Morgan fingerprint density at radius 1 is 0.829 bits per heavy atom. The first-order chi connectivity index (χ1) is 16.9. The van der Waals surface area contributed by atoms with Gasteiger partial charge in [-0.3, -0.25) is 0 Å². The maximum atomic E-state index is 13.0. The SMILES string of the molecule is Nc1c2c(-c3ccccc3)nc(NCCc3ccccc3)nc2nn1-c1ccc(C(F)(F)F)cc1. The van der Waals surface area contributed by atoms with E-state index in [9.17, 15) is 13.2 Å². The van der Waals surface area contributed by atoms with E-state index in [1.165, 1.54) is 22.4 Å². The molecule has 0 unspecified atom stereocenters. The molecule has 35 heavy (non-hydrogen) atoms. The molecule has 0 aliphatic carbocycles. The van der Waals surface area contributed by atoms with Gasteiger partial charge in [0.25, 0.3) is 0 Å². The molecular formula is C26H21F3N6. The maximum Gasteiger partial charge on any atom is 0.416 e. The van der Waals surface area contributed by atoms with E-state index >= 15 is 0 Å². The second-order valence-corrected chi connectivity index (χ2v) is 7.96. The van der Waals surface area contributed by atoms with Gasteiger partial charge in [-0.2, -0.15) is 18.2 Å². The minimum atomic E-state index is -4.43. The lowest BCUT2D eigenvalue weighted by atomic mass is 10.1. The molecule has 3 aromatic carbocycles. The van der Waals surface area contributed by atoms with Crippen molar-refractivity contribution in [3.8, 4) is 16.9 Å². The zero-order valence-corrected chi connectivity index (χ0v) is 18.5. The van der Waals surface area contributed by atoms with Crippen LogP contribution < -0.4 is 11.1 Å². The number of alkyl halides is 3. The van der Waals surface area contributed by atoms with Crippen LogP contribution in [0.2, 0.25) is 0 Å². The Hall–Kier alpha value is -4.40. The zero-order chi connectivity index (χ0) is 24.4. The van der Waals surface area contributed by atoms with E-state index in [0.717, 1.165) is 24.1 Å². The lowest BCUT2D eigenvalue weighted by molar-refractivity contribution is -0.137. The van der Waals surface area contributed by atoms with Gasteiger partial charge in [0.15, 0.2) is 5.65 Å². The van der Waals surface area contributed by atoms with Gasteiger partial charge in [0.05, 0.1) is 22.3 Å². The fraction of sp³-hybridized carbons (Fsp3) is 0.115. The summed E-state index contributed by atoms with van der Waals surface area (Å²) >= 11 is 0. The van der Waals surface area contributed by atoms with Crippen molar-refractivity contribution in [3.63, 3.8) is 0 Å². The highest BCUT2D eigenvalue weighted by Crippen LogP contribution is 2.34. The molecule has 0 bridgehead atoms. The molecule has 5 aromatic rings. The summed E-state index contributed by atoms with van der Waals surface area (Å²) in [6.07, 6.45) is -3.64. The van der Waals surface area contributed by atoms with Gasteiger partial charge in [-0.15, -0.1) is 5.10 Å². The summed E-state index contributed by atoms with van der Waals surface area (Å²) in [5, 5.41) is 8.29. The number of rotatable bonds is 6. The van der Waals surface area contributed by atoms with E-state index in [-0.39, 0.29) is 5.82 Å². The Balaban J connectivity index is 1.54. The van der Waals surface area contributed by atoms with Gasteiger partial charge in [-0.05, 0) is 36.2 Å². The molecule has 2 heterocycles. The Bertz CT molecular complexity index is 1450. The molecule has 0 spiro atoms. The number of nitrogens with zero attached hydrogens (tertiary/aromatic N) is 4. The highest BCUT2D eigenvalue weighted by Gasteiger charge is 2.30. The van der Waals surface area contributed by atoms with Crippen LogP contribution in [0.1, 0.15) is 11.1 Å². The minimum Gasteiger partial charge on any atom is -0.383 e. The smallest absolute Gasteiger partial charge is 0.383 e. The van der Waals surface area contributed by atoms with Crippen LogP contribution in [0.4, 0.5) is 24.9 Å². The number of nitrogens with two attached hydrogens (primary N) is 1. The Morgan fingerprint density at radius 2 is 1.49 bits per heavy atom. The standard InChI is InChI=1S/C26H21F3N6/c27-26(28,29)19-11-13-20(14-12-19)35-23(30)21-22(18-9-5-2-6-10-18)32-25(33-24(21)34-35)31-16-15-17-7-3-1-4-8-17/h1-14H,15-16,30H2,(H,31,33,34). The topological polar surface area (TPSA) is 81.7 Å². The van der Waals surface area contributed by atoms with E-state index in [2.05, 4.69) is 15.4 Å². The lowest BCUT2D eigenvalue weighted by Crippen LogP contribution is -2.08. The quantitative estimate of drug-likeness (QED) is 0.328. The summed E-state index contributed by atoms with van der Waals surface area (Å²) in [5.41, 5.74) is 9.03. The molecule has 2 aromatic heterocycles. The third kappa shape index (κ3) is 4.65. The molecular weight excluding hydrogens is 453 g/mol. The lowest BCUT2D eigenvalue weighted by Gasteiger charge is -2.09. The number of nitrogens with one attached hydrogen (secondary N) is 1. The number of hydrogen-bond acceptors (Lipinski definition) is 5. The van der Waals surface area contributed by atoms with Gasteiger partial charge >= 0.3 is 6.18 Å². The number of hydrogen-bond donors (Lipinski definition) is 2. The number of benzene rings is 3. The summed E-state index contributed by atoms with van der Waals surface area (Å²) in [6, 6.07) is 24.2. The van der Waals surface area contributed by atoms with E-state index in [1.807, 2.05) is 60.7 Å². The van der Waals surface area contributed by atoms with Gasteiger partial charge in [-0.25, -0.2) is 9.67 Å². The summed E-state index contributed by atoms with van der Waals surface area (Å²) in [6.45, 7) is 0.610. The average molecular weight is 474 g/mol. The number of nitrogen functional groups attached to an aromatic ring is 1. The molecule has 0 aliphatic heterocycles. The molecule has 6 nitrogen and oxygen atoms in total. The van der Waals surface area contributed by atoms with Crippen LogP contribution in [-0.4, -0.2) is 26.3 Å². The van der Waals surface area contributed by atoms with E-state index in [1.54, 1.807) is 0 Å². The first-order valence-corrected chi connectivity index (χ1v) is 11.0. The van der Waals surface area contributed by atoms with Gasteiger partial charge in [0.1, 0.15) is 5.82 Å². The van der Waals surface area contributed by atoms with Crippen molar-refractivity contribution in [2.45, 2.75) is 12.6 Å². The highest BCUT2D eigenvalue weighted by atomic mass is 19.4. The fourth-order valence-corrected chi connectivity index (χ4v) is 3.85. The van der Waals surface area contributed by atoms with Crippen LogP contribution in [0.3, 0.4) is 0 Å². The van der Waals surface area contributed by atoms with Gasteiger partial charge in [0.2, 0.25) is 5.95 Å². The Kier molecular flexibility index (Phi) is 5.82. The summed E-state index contributed by atoms with van der Waals surface area (Å²) < 4.78 is 40.4. The van der Waals surface area contributed by atoms with Gasteiger partial charge < -0.3 is 11.1 Å². The first kappa shape index (κ1) is 22.4. The predicted molar refractivity (Wildman–Crippen MR) is 130 cm³/mol. The van der Waals surface area contributed by atoms with Crippen molar-refractivity contribution in [1.29, 1.82) is 0 Å². The van der Waals surface area contributed by atoms with Crippen LogP contribution >= 0.6 is 0 Å². The molecule has 0 fully saturated rings. The molecule has 3 N–H and O–H groups in total. The molecule has 0 amide bonds. The molecule has 0 saturated heterocycles. The summed E-state index contributed by atoms with van der Waals surface area (Å²) in [4.78, 5) is 9.25. The zero-order valence-electron chi connectivity index (χ0n) is 18.5. The van der Waals surface area contributed by atoms with Crippen LogP contribution in [-0.2, 0) is 12.6 Å². The third-order valence-corrected chi connectivity index (χ3v) is 5.60. The van der Waals surface area contributed by atoms with E-state index in [4.69, 9.17) is 10.7 Å². The molecule has 0 radical (unpaired) electrons. The molecule has 0 aliphatic rings. The van der Waals surface area contributed by atoms with Crippen LogP contribution in [0, 0.1) is 0 Å². The normalized spacial score (nSPS) is 11.6. The summed E-state index contributed by atoms with van der Waals surface area (Å²) in [5.74, 6) is 0.638. The monoisotopic (exact) mass is 474 g/mol. The number of anilines is 2. The van der Waals surface area contributed by atoms with Gasteiger partial charge in [0, 0.05) is 12.1 Å². The number of halogens is 3. The third-order valence-electron chi connectivity index (χ3n) is 5.60. The van der Waals surface area contributed by atoms with E-state index < -0.39 is 11.7 Å². The largest absolute Gasteiger partial charge is 0.416 e. The highest BCUT2D eigenvalue weighted by molar-refractivity contribution is 5.99. The molecule has 5 rings (SSSR count). The number of fused-ring (bicyclic) bond motifs is 1. The second-order valence-electron chi connectivity index (χ2n) is 7.96. The van der Waals surface area contributed by atoms with Crippen LogP contribution in [0.15, 0.2) is 84.9 Å². The molecule has 9 heteroatoms. The summed E-state index contributed by atoms with van der Waals surface area (Å²) in [7, 11) is 0. The van der Waals surface area contributed by atoms with Crippen LogP contribution in [0.25, 0.3) is 28.0 Å². The number of aromatic nitrogens is 4. The van der Waals surface area contributed by atoms with Crippen molar-refractivity contribution in [3.05, 3.63) is 96.1 Å². The van der Waals surface area contributed by atoms with Crippen molar-refractivity contribution >= 4 is 22.8 Å². The Labute approximate surface area is 199 Å². The first-order valence-electron chi connectivity index (χ1n) is 11.0. The van der Waals surface area contributed by atoms with Crippen LogP contribution in [0.5, 0.6) is 0 Å². The maximum absolute atomic E-state index is 13.0. The minimum absolute atomic E-state index is 0.245. The molecule has 176 valence electrons. The fourth-order valence-electron chi connectivity index (χ4n) is 3.85. The van der Waals surface area contributed by atoms with E-state index in [0.29, 0.717) is 34.9 Å². The Morgan fingerprint density at radius 3 is 2.14 bits per heavy atom. The predicted octanol–water partition coefficient (Wildman–Crippen LogP) is 5.74. The second kappa shape index (κ2) is 9.09. The molecule has 0 saturated carbocycles. The average Bonchev–Trinajstić information content (AvgIpc) is 3.20. The molecule has 0 atom stereocenters. The van der Waals surface area contributed by atoms with Crippen molar-refractivity contribution in [1.82, 2.24) is 19.7 Å². The van der Waals surface area contributed by atoms with Crippen molar-refractivity contribution in [2.24, 2.45) is 0 Å². The van der Waals surface area contributed by atoms with Crippen molar-refractivity contribution in [2.75, 3.05) is 17.6 Å². The van der Waals surface area contributed by atoms with Crippen molar-refractivity contribution < 1.29 is 13.2 Å². The van der Waals surface area contributed by atoms with Gasteiger partial charge in [-0.1, -0.05) is 60.7 Å².